The Bertz CT molecular complexity index is 784. The maximum Gasteiger partial charge on any atom is 0.274 e. The van der Waals surface area contributed by atoms with Crippen LogP contribution < -0.4 is 0 Å². The second kappa shape index (κ2) is 5.23. The van der Waals surface area contributed by atoms with E-state index in [9.17, 15) is 19.7 Å². The fourth-order valence-electron chi connectivity index (χ4n) is 2.41. The monoisotopic (exact) mass is 316 g/mol. The summed E-state index contributed by atoms with van der Waals surface area (Å²) in [5.74, 6) is -0.926. The minimum Gasteiger partial charge on any atom is -0.270 e. The van der Waals surface area contributed by atoms with E-state index in [-0.39, 0.29) is 17.8 Å². The van der Waals surface area contributed by atoms with Crippen molar-refractivity contribution in [2.75, 3.05) is 0 Å². The van der Waals surface area contributed by atoms with Gasteiger partial charge in [0.2, 0.25) is 0 Å². The van der Waals surface area contributed by atoms with Gasteiger partial charge in [-0.2, -0.15) is 0 Å². The fourth-order valence-corrected chi connectivity index (χ4v) is 2.61. The molecular weight excluding hydrogens is 308 g/mol. The number of rotatable bonds is 3. The Hall–Kier alpha value is -2.73. The molecule has 0 N–H and O–H groups in total. The second-order valence-corrected chi connectivity index (χ2v) is 5.21. The number of carbonyl (C=O) groups excluding carboxylic acids is 2. The molecule has 0 saturated heterocycles. The molecule has 3 rings (SSSR count). The molecule has 0 aromatic heterocycles. The molecule has 0 unspecified atom stereocenters. The number of imide groups is 1. The van der Waals surface area contributed by atoms with Gasteiger partial charge in [-0.05, 0) is 24.3 Å². The topological polar surface area (TPSA) is 80.5 Å². The number of amides is 2. The lowest BCUT2D eigenvalue weighted by atomic mass is 10.1. The van der Waals surface area contributed by atoms with Crippen LogP contribution in [0.4, 0.5) is 5.69 Å². The smallest absolute Gasteiger partial charge is 0.270 e. The van der Waals surface area contributed by atoms with E-state index < -0.39 is 16.7 Å². The van der Waals surface area contributed by atoms with Crippen molar-refractivity contribution in [3.05, 3.63) is 74.3 Å². The average Bonchev–Trinajstić information content (AvgIpc) is 2.73. The van der Waals surface area contributed by atoms with Gasteiger partial charge in [-0.3, -0.25) is 24.6 Å². The third-order valence-corrected chi connectivity index (χ3v) is 3.68. The van der Waals surface area contributed by atoms with Crippen molar-refractivity contribution in [3.8, 4) is 0 Å². The molecule has 2 aromatic carbocycles. The number of fused-ring (bicyclic) bond motifs is 1. The largest absolute Gasteiger partial charge is 0.274 e. The summed E-state index contributed by atoms with van der Waals surface area (Å²) in [6.45, 7) is -0.191. The predicted octanol–water partition coefficient (Wildman–Crippen LogP) is 3.04. The number of hydrogen-bond donors (Lipinski definition) is 0. The molecule has 1 heterocycles. The van der Waals surface area contributed by atoms with Gasteiger partial charge in [-0.15, -0.1) is 0 Å². The molecule has 0 fully saturated rings. The Labute approximate surface area is 130 Å². The van der Waals surface area contributed by atoms with Crippen molar-refractivity contribution in [1.82, 2.24) is 4.90 Å². The van der Waals surface area contributed by atoms with Crippen LogP contribution in [0.2, 0.25) is 5.02 Å². The lowest BCUT2D eigenvalue weighted by Crippen LogP contribution is -2.29. The number of benzene rings is 2. The summed E-state index contributed by atoms with van der Waals surface area (Å²) in [6.07, 6.45) is 0. The van der Waals surface area contributed by atoms with Crippen LogP contribution in [-0.2, 0) is 6.54 Å². The molecule has 1 aliphatic heterocycles. The maximum atomic E-state index is 12.3. The van der Waals surface area contributed by atoms with Gasteiger partial charge in [0.1, 0.15) is 0 Å². The van der Waals surface area contributed by atoms with Crippen molar-refractivity contribution >= 4 is 29.1 Å². The van der Waals surface area contributed by atoms with Crippen molar-refractivity contribution in [2.45, 2.75) is 6.54 Å². The Morgan fingerprint density at radius 2 is 1.64 bits per heavy atom. The van der Waals surface area contributed by atoms with Gasteiger partial charge >= 0.3 is 0 Å². The SMILES string of the molecule is O=C1c2ccccc2C(=O)N1Cc1cc(Cl)ccc1[N+](=O)[O-]. The molecule has 6 nitrogen and oxygen atoms in total. The number of hydrogen-bond acceptors (Lipinski definition) is 4. The average molecular weight is 317 g/mol. The van der Waals surface area contributed by atoms with Crippen molar-refractivity contribution in [2.24, 2.45) is 0 Å². The summed E-state index contributed by atoms with van der Waals surface area (Å²) in [5.41, 5.74) is 0.641. The van der Waals surface area contributed by atoms with Crippen LogP contribution in [0.25, 0.3) is 0 Å². The van der Waals surface area contributed by atoms with Crippen LogP contribution in [0.3, 0.4) is 0 Å². The summed E-state index contributed by atoms with van der Waals surface area (Å²) in [7, 11) is 0. The third kappa shape index (κ3) is 2.23. The minimum atomic E-state index is -0.566. The second-order valence-electron chi connectivity index (χ2n) is 4.77. The Balaban J connectivity index is 1.99. The number of halogens is 1. The zero-order valence-electron chi connectivity index (χ0n) is 11.2. The Morgan fingerprint density at radius 1 is 1.05 bits per heavy atom. The lowest BCUT2D eigenvalue weighted by molar-refractivity contribution is -0.385. The first-order valence-corrected chi connectivity index (χ1v) is 6.75. The number of nitro groups is 1. The molecule has 7 heteroatoms. The highest BCUT2D eigenvalue weighted by Gasteiger charge is 2.36. The molecule has 1 aliphatic rings. The third-order valence-electron chi connectivity index (χ3n) is 3.44. The van der Waals surface area contributed by atoms with Crippen LogP contribution in [-0.4, -0.2) is 21.6 Å². The van der Waals surface area contributed by atoms with Gasteiger partial charge in [-0.1, -0.05) is 23.7 Å². The van der Waals surface area contributed by atoms with Crippen molar-refractivity contribution in [3.63, 3.8) is 0 Å². The summed E-state index contributed by atoms with van der Waals surface area (Å²) < 4.78 is 0. The van der Waals surface area contributed by atoms with E-state index in [1.807, 2.05) is 0 Å². The summed E-state index contributed by atoms with van der Waals surface area (Å²) in [4.78, 5) is 36.0. The van der Waals surface area contributed by atoms with E-state index >= 15 is 0 Å². The van der Waals surface area contributed by atoms with Crippen LogP contribution >= 0.6 is 11.6 Å². The van der Waals surface area contributed by atoms with E-state index in [1.165, 1.54) is 18.2 Å². The lowest BCUT2D eigenvalue weighted by Gasteiger charge is -2.14. The highest BCUT2D eigenvalue weighted by atomic mass is 35.5. The van der Waals surface area contributed by atoms with Crippen molar-refractivity contribution < 1.29 is 14.5 Å². The number of nitrogens with zero attached hydrogens (tertiary/aromatic N) is 2. The summed E-state index contributed by atoms with van der Waals surface area (Å²) in [5, 5.41) is 11.4. The van der Waals surface area contributed by atoms with Gasteiger partial charge in [0.25, 0.3) is 17.5 Å². The highest BCUT2D eigenvalue weighted by molar-refractivity contribution is 6.30. The van der Waals surface area contributed by atoms with Crippen LogP contribution in [0.1, 0.15) is 26.3 Å². The van der Waals surface area contributed by atoms with E-state index in [4.69, 9.17) is 11.6 Å². The maximum absolute atomic E-state index is 12.3. The molecule has 0 radical (unpaired) electrons. The van der Waals surface area contributed by atoms with E-state index in [1.54, 1.807) is 24.3 Å². The van der Waals surface area contributed by atoms with Gasteiger partial charge in [0, 0.05) is 11.1 Å². The highest BCUT2D eigenvalue weighted by Crippen LogP contribution is 2.28. The molecule has 110 valence electrons. The van der Waals surface area contributed by atoms with Crippen molar-refractivity contribution in [1.29, 1.82) is 0 Å². The van der Waals surface area contributed by atoms with E-state index in [0.29, 0.717) is 16.1 Å². The molecule has 0 bridgehead atoms. The molecular formula is C15H9ClN2O4. The summed E-state index contributed by atoms with van der Waals surface area (Å²) in [6, 6.07) is 10.5. The van der Waals surface area contributed by atoms with Crippen LogP contribution in [0, 0.1) is 10.1 Å². The zero-order valence-corrected chi connectivity index (χ0v) is 11.9. The van der Waals surface area contributed by atoms with Crippen LogP contribution in [0.5, 0.6) is 0 Å². The molecule has 0 spiro atoms. The Kier molecular flexibility index (Phi) is 3.38. The van der Waals surface area contributed by atoms with E-state index in [2.05, 4.69) is 0 Å². The first-order chi connectivity index (χ1) is 10.5. The Morgan fingerprint density at radius 3 is 2.18 bits per heavy atom. The number of carbonyl (C=O) groups is 2. The zero-order chi connectivity index (χ0) is 15.9. The molecule has 0 aliphatic carbocycles. The predicted molar refractivity (Wildman–Crippen MR) is 78.8 cm³/mol. The molecule has 0 saturated carbocycles. The van der Waals surface area contributed by atoms with Gasteiger partial charge in [0.05, 0.1) is 28.2 Å². The number of nitro benzene ring substituents is 1. The van der Waals surface area contributed by atoms with Gasteiger partial charge < -0.3 is 0 Å². The van der Waals surface area contributed by atoms with Gasteiger partial charge in [-0.25, -0.2) is 0 Å². The quantitative estimate of drug-likeness (QED) is 0.495. The van der Waals surface area contributed by atoms with E-state index in [0.717, 1.165) is 4.90 Å². The normalized spacial score (nSPS) is 13.4. The minimum absolute atomic E-state index is 0.180. The fraction of sp³-hybridized carbons (Fsp3) is 0.0667. The summed E-state index contributed by atoms with van der Waals surface area (Å²) >= 11 is 5.86. The van der Waals surface area contributed by atoms with Crippen LogP contribution in [0.15, 0.2) is 42.5 Å². The molecule has 0 atom stereocenters. The molecule has 2 amide bonds. The standard InChI is InChI=1S/C15H9ClN2O4/c16-10-5-6-13(18(21)22)9(7-10)8-17-14(19)11-3-1-2-4-12(11)15(17)20/h1-7H,8H2. The molecule has 2 aromatic rings. The first kappa shape index (κ1) is 14.2. The molecule has 22 heavy (non-hydrogen) atoms. The van der Waals surface area contributed by atoms with Gasteiger partial charge in [0.15, 0.2) is 0 Å². The first-order valence-electron chi connectivity index (χ1n) is 6.37.